The molecule has 0 radical (unpaired) electrons. The molecule has 2 N–H and O–H groups in total. The molecule has 1 unspecified atom stereocenters. The number of hydrogen-bond donors (Lipinski definition) is 1. The summed E-state index contributed by atoms with van der Waals surface area (Å²) in [5, 5.41) is 0. The van der Waals surface area contributed by atoms with Gasteiger partial charge >= 0.3 is 0 Å². The van der Waals surface area contributed by atoms with Gasteiger partial charge in [-0.05, 0) is 49.1 Å². The molecule has 20 heavy (non-hydrogen) atoms. The summed E-state index contributed by atoms with van der Waals surface area (Å²) >= 11 is 0. The van der Waals surface area contributed by atoms with Crippen LogP contribution < -0.4 is 10.5 Å². The molecule has 2 heteroatoms. The lowest BCUT2D eigenvalue weighted by atomic mass is 10.00. The minimum Gasteiger partial charge on any atom is -0.492 e. The molecular formula is C18H23NO. The summed E-state index contributed by atoms with van der Waals surface area (Å²) in [5.74, 6) is 0.894. The molecule has 0 amide bonds. The molecule has 1 atom stereocenters. The Kier molecular flexibility index (Phi) is 4.80. The Morgan fingerprint density at radius 1 is 1.10 bits per heavy atom. The van der Waals surface area contributed by atoms with Crippen LogP contribution >= 0.6 is 0 Å². The van der Waals surface area contributed by atoms with E-state index >= 15 is 0 Å². The normalized spacial score (nSPS) is 12.2. The van der Waals surface area contributed by atoms with E-state index in [4.69, 9.17) is 10.5 Å². The molecule has 0 aromatic heterocycles. The highest BCUT2D eigenvalue weighted by atomic mass is 16.5. The minimum absolute atomic E-state index is 0.0971. The molecule has 2 aromatic rings. The zero-order chi connectivity index (χ0) is 14.5. The van der Waals surface area contributed by atoms with E-state index in [2.05, 4.69) is 51.1 Å². The van der Waals surface area contributed by atoms with Gasteiger partial charge in [-0.1, -0.05) is 42.8 Å². The maximum Gasteiger partial charge on any atom is 0.119 e. The fraction of sp³-hybridized carbons (Fsp3) is 0.333. The minimum atomic E-state index is -0.0971. The first kappa shape index (κ1) is 14.6. The number of rotatable bonds is 5. The van der Waals surface area contributed by atoms with Crippen LogP contribution in [0.2, 0.25) is 0 Å². The van der Waals surface area contributed by atoms with Gasteiger partial charge < -0.3 is 10.5 Å². The highest BCUT2D eigenvalue weighted by Gasteiger charge is 2.10. The molecule has 2 aromatic carbocycles. The summed E-state index contributed by atoms with van der Waals surface area (Å²) in [4.78, 5) is 0. The van der Waals surface area contributed by atoms with Crippen LogP contribution in [0.4, 0.5) is 0 Å². The Labute approximate surface area is 121 Å². The molecule has 106 valence electrons. The Morgan fingerprint density at radius 3 is 2.65 bits per heavy atom. The molecule has 0 saturated heterocycles. The van der Waals surface area contributed by atoms with E-state index in [0.717, 1.165) is 17.7 Å². The van der Waals surface area contributed by atoms with Crippen LogP contribution in [0.25, 0.3) is 0 Å². The molecule has 2 nitrogen and oxygen atoms in total. The second kappa shape index (κ2) is 6.58. The standard InChI is InChI=1S/C18H23NO/c1-4-15-6-5-7-16(11-15)20-12-18(19)17-10-13(2)8-9-14(17)3/h5-11,18H,4,12,19H2,1-3H3. The topological polar surface area (TPSA) is 35.2 Å². The third-order valence-corrected chi connectivity index (χ3v) is 3.57. The maximum atomic E-state index is 6.26. The van der Waals surface area contributed by atoms with E-state index in [1.165, 1.54) is 16.7 Å². The molecule has 0 aliphatic rings. The summed E-state index contributed by atoms with van der Waals surface area (Å²) in [6, 6.07) is 14.5. The van der Waals surface area contributed by atoms with Crippen molar-refractivity contribution in [2.75, 3.05) is 6.61 Å². The number of benzene rings is 2. The van der Waals surface area contributed by atoms with Gasteiger partial charge in [0.1, 0.15) is 12.4 Å². The van der Waals surface area contributed by atoms with Crippen LogP contribution in [0.3, 0.4) is 0 Å². The van der Waals surface area contributed by atoms with Crippen LogP contribution in [0, 0.1) is 13.8 Å². The van der Waals surface area contributed by atoms with Crippen LogP contribution in [0.1, 0.15) is 35.2 Å². The zero-order valence-corrected chi connectivity index (χ0v) is 12.5. The zero-order valence-electron chi connectivity index (χ0n) is 12.5. The lowest BCUT2D eigenvalue weighted by molar-refractivity contribution is 0.290. The van der Waals surface area contributed by atoms with Crippen molar-refractivity contribution in [3.8, 4) is 5.75 Å². The average Bonchev–Trinajstić information content (AvgIpc) is 2.47. The van der Waals surface area contributed by atoms with E-state index in [0.29, 0.717) is 6.61 Å². The molecule has 0 saturated carbocycles. The molecule has 0 heterocycles. The fourth-order valence-corrected chi connectivity index (χ4v) is 2.29. The highest BCUT2D eigenvalue weighted by Crippen LogP contribution is 2.20. The molecular weight excluding hydrogens is 246 g/mol. The van der Waals surface area contributed by atoms with Crippen molar-refractivity contribution < 1.29 is 4.74 Å². The molecule has 2 rings (SSSR count). The van der Waals surface area contributed by atoms with Gasteiger partial charge in [0.05, 0.1) is 6.04 Å². The maximum absolute atomic E-state index is 6.26. The van der Waals surface area contributed by atoms with Crippen molar-refractivity contribution >= 4 is 0 Å². The van der Waals surface area contributed by atoms with Crippen molar-refractivity contribution in [2.45, 2.75) is 33.2 Å². The second-order valence-corrected chi connectivity index (χ2v) is 5.28. The van der Waals surface area contributed by atoms with Crippen molar-refractivity contribution in [1.29, 1.82) is 0 Å². The van der Waals surface area contributed by atoms with Crippen molar-refractivity contribution in [2.24, 2.45) is 5.73 Å². The average molecular weight is 269 g/mol. The first-order chi connectivity index (χ1) is 9.60. The molecule has 0 spiro atoms. The number of aryl methyl sites for hydroxylation is 3. The van der Waals surface area contributed by atoms with Gasteiger partial charge in [0.15, 0.2) is 0 Å². The van der Waals surface area contributed by atoms with Crippen molar-refractivity contribution in [3.05, 3.63) is 64.7 Å². The SMILES string of the molecule is CCc1cccc(OCC(N)c2cc(C)ccc2C)c1. The van der Waals surface area contributed by atoms with Gasteiger partial charge in [-0.15, -0.1) is 0 Å². The molecule has 0 aliphatic heterocycles. The Bertz CT molecular complexity index is 577. The number of hydrogen-bond acceptors (Lipinski definition) is 2. The van der Waals surface area contributed by atoms with Gasteiger partial charge in [0.25, 0.3) is 0 Å². The summed E-state index contributed by atoms with van der Waals surface area (Å²) in [6.45, 7) is 6.81. The van der Waals surface area contributed by atoms with Gasteiger partial charge in [0.2, 0.25) is 0 Å². The van der Waals surface area contributed by atoms with Gasteiger partial charge in [-0.3, -0.25) is 0 Å². The highest BCUT2D eigenvalue weighted by molar-refractivity contribution is 5.33. The summed E-state index contributed by atoms with van der Waals surface area (Å²) in [7, 11) is 0. The van der Waals surface area contributed by atoms with Crippen LogP contribution in [-0.4, -0.2) is 6.61 Å². The first-order valence-corrected chi connectivity index (χ1v) is 7.14. The quantitative estimate of drug-likeness (QED) is 0.892. The third-order valence-electron chi connectivity index (χ3n) is 3.57. The number of ether oxygens (including phenoxy) is 1. The lowest BCUT2D eigenvalue weighted by Gasteiger charge is -2.16. The van der Waals surface area contributed by atoms with Crippen molar-refractivity contribution in [1.82, 2.24) is 0 Å². The Balaban J connectivity index is 2.04. The van der Waals surface area contributed by atoms with Gasteiger partial charge in [0, 0.05) is 0 Å². The summed E-state index contributed by atoms with van der Waals surface area (Å²) in [5.41, 5.74) is 11.1. The van der Waals surface area contributed by atoms with Gasteiger partial charge in [-0.2, -0.15) is 0 Å². The predicted octanol–water partition coefficient (Wildman–Crippen LogP) is 3.94. The first-order valence-electron chi connectivity index (χ1n) is 7.14. The number of nitrogens with two attached hydrogens (primary N) is 1. The largest absolute Gasteiger partial charge is 0.492 e. The van der Waals surface area contributed by atoms with E-state index in [1.807, 2.05) is 12.1 Å². The fourth-order valence-electron chi connectivity index (χ4n) is 2.29. The van der Waals surface area contributed by atoms with E-state index < -0.39 is 0 Å². The van der Waals surface area contributed by atoms with E-state index in [1.54, 1.807) is 0 Å². The summed E-state index contributed by atoms with van der Waals surface area (Å²) < 4.78 is 5.83. The van der Waals surface area contributed by atoms with Crippen LogP contribution in [0.5, 0.6) is 5.75 Å². The second-order valence-electron chi connectivity index (χ2n) is 5.28. The third kappa shape index (κ3) is 3.61. The molecule has 0 fully saturated rings. The summed E-state index contributed by atoms with van der Waals surface area (Å²) in [6.07, 6.45) is 1.01. The van der Waals surface area contributed by atoms with Crippen LogP contribution in [-0.2, 0) is 6.42 Å². The Morgan fingerprint density at radius 2 is 1.90 bits per heavy atom. The predicted molar refractivity (Wildman–Crippen MR) is 84.2 cm³/mol. The molecule has 0 aliphatic carbocycles. The van der Waals surface area contributed by atoms with E-state index in [9.17, 15) is 0 Å². The lowest BCUT2D eigenvalue weighted by Crippen LogP contribution is -2.20. The smallest absolute Gasteiger partial charge is 0.119 e. The van der Waals surface area contributed by atoms with Crippen LogP contribution in [0.15, 0.2) is 42.5 Å². The Hall–Kier alpha value is -1.80. The molecule has 0 bridgehead atoms. The van der Waals surface area contributed by atoms with E-state index in [-0.39, 0.29) is 6.04 Å². The van der Waals surface area contributed by atoms with Gasteiger partial charge in [-0.25, -0.2) is 0 Å². The van der Waals surface area contributed by atoms with Crippen molar-refractivity contribution in [3.63, 3.8) is 0 Å². The monoisotopic (exact) mass is 269 g/mol.